The van der Waals surface area contributed by atoms with Gasteiger partial charge in [0.15, 0.2) is 0 Å². The van der Waals surface area contributed by atoms with Crippen molar-refractivity contribution < 1.29 is 8.42 Å². The molecule has 0 amide bonds. The number of pyridine rings is 1. The van der Waals surface area contributed by atoms with E-state index >= 15 is 0 Å². The number of benzene rings is 1. The van der Waals surface area contributed by atoms with Crippen molar-refractivity contribution in [3.63, 3.8) is 0 Å². The molecule has 2 aromatic heterocycles. The van der Waals surface area contributed by atoms with Gasteiger partial charge in [-0.3, -0.25) is 0 Å². The first-order valence-electron chi connectivity index (χ1n) is 7.04. The zero-order valence-electron chi connectivity index (χ0n) is 12.2. The Bertz CT molecular complexity index is 886. The van der Waals surface area contributed by atoms with Crippen molar-refractivity contribution in [2.45, 2.75) is 18.2 Å². The molecule has 114 valence electrons. The average Bonchev–Trinajstić information content (AvgIpc) is 2.92. The van der Waals surface area contributed by atoms with Gasteiger partial charge in [0.1, 0.15) is 5.65 Å². The van der Waals surface area contributed by atoms with Crippen LogP contribution in [0.15, 0.2) is 59.6 Å². The molecule has 0 bridgehead atoms. The molecule has 6 heteroatoms. The highest BCUT2D eigenvalue weighted by Crippen LogP contribution is 2.10. The Balaban J connectivity index is 1.69. The first-order valence-corrected chi connectivity index (χ1v) is 8.53. The third kappa shape index (κ3) is 3.03. The highest BCUT2D eigenvalue weighted by molar-refractivity contribution is 7.89. The number of nitrogens with zero attached hydrogens (tertiary/aromatic N) is 2. The van der Waals surface area contributed by atoms with Crippen molar-refractivity contribution in [2.75, 3.05) is 6.54 Å². The van der Waals surface area contributed by atoms with Crippen LogP contribution in [-0.4, -0.2) is 24.3 Å². The Kier molecular flexibility index (Phi) is 3.96. The van der Waals surface area contributed by atoms with Crippen LogP contribution in [0.1, 0.15) is 11.4 Å². The quantitative estimate of drug-likeness (QED) is 0.785. The predicted octanol–water partition coefficient (Wildman–Crippen LogP) is 2.16. The van der Waals surface area contributed by atoms with Gasteiger partial charge in [-0.25, -0.2) is 18.1 Å². The minimum absolute atomic E-state index is 0.279. The van der Waals surface area contributed by atoms with Crippen molar-refractivity contribution in [3.8, 4) is 0 Å². The lowest BCUT2D eigenvalue weighted by atomic mass is 10.3. The minimum Gasteiger partial charge on any atom is -0.304 e. The molecule has 0 spiro atoms. The second-order valence-corrected chi connectivity index (χ2v) is 6.86. The maximum Gasteiger partial charge on any atom is 0.240 e. The second-order valence-electron chi connectivity index (χ2n) is 5.09. The Hall–Kier alpha value is -2.18. The largest absolute Gasteiger partial charge is 0.304 e. The van der Waals surface area contributed by atoms with Crippen LogP contribution in [0.2, 0.25) is 0 Å². The van der Waals surface area contributed by atoms with E-state index < -0.39 is 10.0 Å². The van der Waals surface area contributed by atoms with E-state index in [0.29, 0.717) is 13.0 Å². The van der Waals surface area contributed by atoms with Crippen LogP contribution in [0.4, 0.5) is 0 Å². The summed E-state index contributed by atoms with van der Waals surface area (Å²) in [5.74, 6) is 0. The second kappa shape index (κ2) is 5.90. The van der Waals surface area contributed by atoms with E-state index in [-0.39, 0.29) is 4.90 Å². The molecule has 1 aromatic carbocycles. The summed E-state index contributed by atoms with van der Waals surface area (Å²) in [4.78, 5) is 4.77. The molecule has 0 aliphatic heterocycles. The fraction of sp³-hybridized carbons (Fsp3) is 0.188. The molecule has 3 aromatic rings. The standard InChI is InChI=1S/C16H17N3O2S/c1-13-6-5-9-16-18-14(12-19(13)16)10-11-17-22(20,21)15-7-3-2-4-8-15/h2-9,12,17H,10-11H2,1H3. The maximum absolute atomic E-state index is 12.1. The van der Waals surface area contributed by atoms with E-state index in [4.69, 9.17) is 0 Å². The summed E-state index contributed by atoms with van der Waals surface area (Å²) in [5.41, 5.74) is 2.84. The van der Waals surface area contributed by atoms with Crippen LogP contribution in [-0.2, 0) is 16.4 Å². The van der Waals surface area contributed by atoms with E-state index in [1.165, 1.54) is 0 Å². The van der Waals surface area contributed by atoms with Crippen LogP contribution in [0.25, 0.3) is 5.65 Å². The molecule has 0 saturated carbocycles. The summed E-state index contributed by atoms with van der Waals surface area (Å²) < 4.78 is 28.8. The lowest BCUT2D eigenvalue weighted by molar-refractivity contribution is 0.581. The molecule has 0 radical (unpaired) electrons. The van der Waals surface area contributed by atoms with Gasteiger partial charge in [0, 0.05) is 24.9 Å². The normalized spacial score (nSPS) is 11.9. The number of imidazole rings is 1. The smallest absolute Gasteiger partial charge is 0.240 e. The molecule has 2 heterocycles. The molecule has 3 rings (SSSR count). The fourth-order valence-electron chi connectivity index (χ4n) is 2.32. The average molecular weight is 315 g/mol. The summed E-state index contributed by atoms with van der Waals surface area (Å²) in [6, 6.07) is 14.3. The molecule has 1 N–H and O–H groups in total. The van der Waals surface area contributed by atoms with Gasteiger partial charge >= 0.3 is 0 Å². The van der Waals surface area contributed by atoms with Gasteiger partial charge in [-0.1, -0.05) is 24.3 Å². The number of sulfonamides is 1. The molecule has 22 heavy (non-hydrogen) atoms. The lowest BCUT2D eigenvalue weighted by Gasteiger charge is -2.05. The molecular formula is C16H17N3O2S. The highest BCUT2D eigenvalue weighted by Gasteiger charge is 2.12. The van der Waals surface area contributed by atoms with Gasteiger partial charge in [-0.2, -0.15) is 0 Å². The van der Waals surface area contributed by atoms with E-state index in [9.17, 15) is 8.42 Å². The van der Waals surface area contributed by atoms with Gasteiger partial charge in [0.25, 0.3) is 0 Å². The van der Waals surface area contributed by atoms with Gasteiger partial charge < -0.3 is 4.40 Å². The van der Waals surface area contributed by atoms with Crippen LogP contribution >= 0.6 is 0 Å². The number of hydrogen-bond donors (Lipinski definition) is 1. The van der Waals surface area contributed by atoms with Crippen molar-refractivity contribution >= 4 is 15.7 Å². The van der Waals surface area contributed by atoms with E-state index in [2.05, 4.69) is 9.71 Å². The molecule has 0 saturated heterocycles. The lowest BCUT2D eigenvalue weighted by Crippen LogP contribution is -2.26. The zero-order valence-corrected chi connectivity index (χ0v) is 13.0. The van der Waals surface area contributed by atoms with Gasteiger partial charge in [-0.05, 0) is 31.2 Å². The van der Waals surface area contributed by atoms with Crippen molar-refractivity contribution in [1.82, 2.24) is 14.1 Å². The number of nitrogens with one attached hydrogen (secondary N) is 1. The third-order valence-corrected chi connectivity index (χ3v) is 4.95. The number of fused-ring (bicyclic) bond motifs is 1. The van der Waals surface area contributed by atoms with Crippen molar-refractivity contribution in [2.24, 2.45) is 0 Å². The van der Waals surface area contributed by atoms with E-state index in [0.717, 1.165) is 17.0 Å². The summed E-state index contributed by atoms with van der Waals surface area (Å²) in [6.07, 6.45) is 2.49. The Morgan fingerprint density at radius 3 is 2.59 bits per heavy atom. The molecule has 0 aliphatic carbocycles. The van der Waals surface area contributed by atoms with Crippen LogP contribution in [0.5, 0.6) is 0 Å². The topological polar surface area (TPSA) is 63.5 Å². The number of aryl methyl sites for hydroxylation is 1. The van der Waals surface area contributed by atoms with Crippen molar-refractivity contribution in [1.29, 1.82) is 0 Å². The first-order chi connectivity index (χ1) is 10.6. The molecule has 0 unspecified atom stereocenters. The monoisotopic (exact) mass is 315 g/mol. The van der Waals surface area contributed by atoms with Crippen LogP contribution < -0.4 is 4.72 Å². The highest BCUT2D eigenvalue weighted by atomic mass is 32.2. The number of hydrogen-bond acceptors (Lipinski definition) is 3. The molecule has 0 atom stereocenters. The summed E-state index contributed by atoms with van der Waals surface area (Å²) in [7, 11) is -3.45. The minimum atomic E-state index is -3.45. The predicted molar refractivity (Wildman–Crippen MR) is 85.3 cm³/mol. The molecule has 5 nitrogen and oxygen atoms in total. The number of aromatic nitrogens is 2. The Labute approximate surface area is 129 Å². The SMILES string of the molecule is Cc1cccc2nc(CCNS(=O)(=O)c3ccccc3)cn12. The van der Waals surface area contributed by atoms with Crippen LogP contribution in [0, 0.1) is 6.92 Å². The van der Waals surface area contributed by atoms with Gasteiger partial charge in [0.2, 0.25) is 10.0 Å². The molecule has 0 aliphatic rings. The maximum atomic E-state index is 12.1. The van der Waals surface area contributed by atoms with Gasteiger partial charge in [-0.15, -0.1) is 0 Å². The summed E-state index contributed by atoms with van der Waals surface area (Å²) in [5, 5.41) is 0. The summed E-state index contributed by atoms with van der Waals surface area (Å²) in [6.45, 7) is 2.33. The Morgan fingerprint density at radius 2 is 1.86 bits per heavy atom. The fourth-order valence-corrected chi connectivity index (χ4v) is 3.37. The van der Waals surface area contributed by atoms with Crippen molar-refractivity contribution in [3.05, 3.63) is 66.1 Å². The Morgan fingerprint density at radius 1 is 1.09 bits per heavy atom. The zero-order chi connectivity index (χ0) is 15.6. The third-order valence-electron chi connectivity index (χ3n) is 3.47. The van der Waals surface area contributed by atoms with E-state index in [1.54, 1.807) is 30.3 Å². The van der Waals surface area contributed by atoms with E-state index in [1.807, 2.05) is 35.7 Å². The molecular weight excluding hydrogens is 298 g/mol. The number of rotatable bonds is 5. The van der Waals surface area contributed by atoms with Crippen LogP contribution in [0.3, 0.4) is 0 Å². The molecule has 0 fully saturated rings. The first kappa shape index (κ1) is 14.7. The van der Waals surface area contributed by atoms with Gasteiger partial charge in [0.05, 0.1) is 10.6 Å². The summed E-state index contributed by atoms with van der Waals surface area (Å²) >= 11 is 0.